The van der Waals surface area contributed by atoms with Gasteiger partial charge in [0.05, 0.1) is 24.6 Å². The zero-order chi connectivity index (χ0) is 25.2. The molecule has 0 fully saturated rings. The van der Waals surface area contributed by atoms with Gasteiger partial charge in [-0.3, -0.25) is 9.52 Å². The number of para-hydroxylation sites is 1. The molecule has 0 bridgehead atoms. The molecule has 0 aliphatic rings. The number of carbonyl (C=O) groups excluding carboxylic acids is 2. The molecular formula is C24H23N5O5S. The Hall–Kier alpha value is -4.25. The molecule has 2 aromatic carbocycles. The van der Waals surface area contributed by atoms with E-state index in [1.54, 1.807) is 6.92 Å². The second-order valence-electron chi connectivity index (χ2n) is 7.76. The first-order valence-electron chi connectivity index (χ1n) is 10.7. The molecule has 1 amide bonds. The molecular weight excluding hydrogens is 470 g/mol. The highest BCUT2D eigenvalue weighted by molar-refractivity contribution is 7.92. The summed E-state index contributed by atoms with van der Waals surface area (Å²) in [5.41, 5.74) is 2.32. The van der Waals surface area contributed by atoms with Gasteiger partial charge < -0.3 is 10.1 Å². The highest BCUT2D eigenvalue weighted by Crippen LogP contribution is 2.25. The Labute approximate surface area is 202 Å². The number of rotatable bonds is 7. The number of anilines is 2. The lowest BCUT2D eigenvalue weighted by molar-refractivity contribution is 0.0527. The number of carbonyl (C=O) groups is 2. The van der Waals surface area contributed by atoms with Crippen molar-refractivity contribution in [2.75, 3.05) is 22.9 Å². The molecule has 0 unspecified atom stereocenters. The highest BCUT2D eigenvalue weighted by atomic mass is 32.2. The first-order chi connectivity index (χ1) is 16.7. The predicted octanol–water partition coefficient (Wildman–Crippen LogP) is 3.53. The van der Waals surface area contributed by atoms with Gasteiger partial charge in [0.1, 0.15) is 5.56 Å². The second-order valence-corrected chi connectivity index (χ2v) is 9.51. The van der Waals surface area contributed by atoms with Crippen LogP contribution < -0.4 is 10.0 Å². The van der Waals surface area contributed by atoms with Crippen molar-refractivity contribution >= 4 is 44.3 Å². The highest BCUT2D eigenvalue weighted by Gasteiger charge is 2.23. The number of hydrogen-bond donors (Lipinski definition) is 2. The Morgan fingerprint density at radius 1 is 1.09 bits per heavy atom. The molecule has 35 heavy (non-hydrogen) atoms. The number of esters is 1. The molecule has 2 heterocycles. The first-order valence-corrected chi connectivity index (χ1v) is 12.6. The molecule has 4 rings (SSSR count). The Bertz CT molecular complexity index is 1530. The van der Waals surface area contributed by atoms with Gasteiger partial charge in [-0.25, -0.2) is 18.2 Å². The number of pyridine rings is 1. The van der Waals surface area contributed by atoms with E-state index in [4.69, 9.17) is 4.74 Å². The van der Waals surface area contributed by atoms with E-state index in [0.29, 0.717) is 11.5 Å². The molecule has 0 saturated heterocycles. The summed E-state index contributed by atoms with van der Waals surface area (Å²) in [5, 5.41) is 8.01. The summed E-state index contributed by atoms with van der Waals surface area (Å²) in [6.07, 6.45) is 2.35. The summed E-state index contributed by atoms with van der Waals surface area (Å²) >= 11 is 0. The van der Waals surface area contributed by atoms with Crippen LogP contribution in [0.25, 0.3) is 16.7 Å². The van der Waals surface area contributed by atoms with E-state index in [1.165, 1.54) is 35.1 Å². The van der Waals surface area contributed by atoms with Crippen LogP contribution in [0, 0.1) is 6.92 Å². The van der Waals surface area contributed by atoms with E-state index < -0.39 is 21.9 Å². The van der Waals surface area contributed by atoms with E-state index >= 15 is 0 Å². The normalized spacial score (nSPS) is 11.3. The molecule has 0 aliphatic heterocycles. The lowest BCUT2D eigenvalue weighted by Gasteiger charge is -2.12. The Morgan fingerprint density at radius 2 is 1.80 bits per heavy atom. The van der Waals surface area contributed by atoms with E-state index in [0.717, 1.165) is 22.7 Å². The molecule has 2 aromatic heterocycles. The lowest BCUT2D eigenvalue weighted by atomic mass is 10.1. The lowest BCUT2D eigenvalue weighted by Crippen LogP contribution is -2.18. The van der Waals surface area contributed by atoms with Crippen molar-refractivity contribution in [1.82, 2.24) is 14.8 Å². The summed E-state index contributed by atoms with van der Waals surface area (Å²) in [6.45, 7) is 3.77. The minimum absolute atomic E-state index is 0.0724. The third-order valence-corrected chi connectivity index (χ3v) is 5.68. The van der Waals surface area contributed by atoms with Crippen molar-refractivity contribution in [1.29, 1.82) is 0 Å². The largest absolute Gasteiger partial charge is 0.462 e. The molecule has 0 saturated carbocycles. The average molecular weight is 494 g/mol. The van der Waals surface area contributed by atoms with Gasteiger partial charge in [-0.1, -0.05) is 18.2 Å². The van der Waals surface area contributed by atoms with Crippen LogP contribution >= 0.6 is 0 Å². The Morgan fingerprint density at radius 3 is 2.49 bits per heavy atom. The minimum Gasteiger partial charge on any atom is -0.462 e. The van der Waals surface area contributed by atoms with Gasteiger partial charge in [-0.2, -0.15) is 9.78 Å². The van der Waals surface area contributed by atoms with Gasteiger partial charge >= 0.3 is 5.97 Å². The molecule has 0 radical (unpaired) electrons. The standard InChI is InChI=1S/C24H23N5O5S/c1-4-34-24(31)19-14-25-29(21-13-15(2)18-7-5-6-8-20(18)26-21)22(19)27-23(30)16-9-11-17(12-10-16)28-35(3,32)33/h5-14,28H,4H2,1-3H3,(H,27,30). The first kappa shape index (κ1) is 23.9. The van der Waals surface area contributed by atoms with Crippen LogP contribution in [0.5, 0.6) is 0 Å². The van der Waals surface area contributed by atoms with E-state index in [1.807, 2.05) is 37.3 Å². The van der Waals surface area contributed by atoms with Gasteiger partial charge in [0.15, 0.2) is 11.6 Å². The van der Waals surface area contributed by atoms with E-state index in [9.17, 15) is 18.0 Å². The summed E-state index contributed by atoms with van der Waals surface area (Å²) < 4.78 is 31.7. The molecule has 0 spiro atoms. The maximum absolute atomic E-state index is 13.0. The van der Waals surface area contributed by atoms with Crippen molar-refractivity contribution in [3.63, 3.8) is 0 Å². The number of ether oxygens (including phenoxy) is 1. The summed E-state index contributed by atoms with van der Waals surface area (Å²) in [7, 11) is -3.45. The Kier molecular flexibility index (Phi) is 6.52. The minimum atomic E-state index is -3.45. The fraction of sp³-hybridized carbons (Fsp3) is 0.167. The van der Waals surface area contributed by atoms with E-state index in [2.05, 4.69) is 20.1 Å². The average Bonchev–Trinajstić information content (AvgIpc) is 3.22. The number of aryl methyl sites for hydroxylation is 1. The van der Waals surface area contributed by atoms with Gasteiger partial charge in [0.2, 0.25) is 10.0 Å². The molecule has 180 valence electrons. The number of nitrogens with zero attached hydrogens (tertiary/aromatic N) is 3. The van der Waals surface area contributed by atoms with E-state index in [-0.39, 0.29) is 23.6 Å². The maximum atomic E-state index is 13.0. The number of benzene rings is 2. The van der Waals surface area contributed by atoms with Crippen LogP contribution in [0.15, 0.2) is 60.8 Å². The fourth-order valence-corrected chi connectivity index (χ4v) is 4.09. The van der Waals surface area contributed by atoms with Crippen LogP contribution in [-0.4, -0.2) is 47.9 Å². The second kappa shape index (κ2) is 9.55. The SMILES string of the molecule is CCOC(=O)c1cnn(-c2cc(C)c3ccccc3n2)c1NC(=O)c1ccc(NS(C)(=O)=O)cc1. The van der Waals surface area contributed by atoms with Crippen LogP contribution in [0.4, 0.5) is 11.5 Å². The fourth-order valence-electron chi connectivity index (χ4n) is 3.52. The van der Waals surface area contributed by atoms with Crippen molar-refractivity contribution in [3.05, 3.63) is 77.5 Å². The molecule has 0 aliphatic carbocycles. The topological polar surface area (TPSA) is 132 Å². The van der Waals surface area contributed by atoms with Crippen molar-refractivity contribution in [3.8, 4) is 5.82 Å². The van der Waals surface area contributed by atoms with Crippen molar-refractivity contribution in [2.45, 2.75) is 13.8 Å². The molecule has 2 N–H and O–H groups in total. The number of fused-ring (bicyclic) bond motifs is 1. The van der Waals surface area contributed by atoms with Gasteiger partial charge in [0.25, 0.3) is 5.91 Å². The molecule has 10 nitrogen and oxygen atoms in total. The number of aromatic nitrogens is 3. The van der Waals surface area contributed by atoms with Gasteiger partial charge in [0, 0.05) is 16.6 Å². The molecule has 0 atom stereocenters. The zero-order valence-corrected chi connectivity index (χ0v) is 20.1. The number of amides is 1. The number of sulfonamides is 1. The van der Waals surface area contributed by atoms with Crippen LogP contribution in [0.1, 0.15) is 33.2 Å². The Balaban J connectivity index is 1.72. The zero-order valence-electron chi connectivity index (χ0n) is 19.3. The van der Waals surface area contributed by atoms with Crippen LogP contribution in [0.2, 0.25) is 0 Å². The van der Waals surface area contributed by atoms with Crippen molar-refractivity contribution in [2.24, 2.45) is 0 Å². The molecule has 4 aromatic rings. The summed E-state index contributed by atoms with van der Waals surface area (Å²) in [4.78, 5) is 30.3. The molecule has 11 heteroatoms. The number of nitrogens with one attached hydrogen (secondary N) is 2. The monoisotopic (exact) mass is 493 g/mol. The van der Waals surface area contributed by atoms with Gasteiger partial charge in [-0.15, -0.1) is 0 Å². The third-order valence-electron chi connectivity index (χ3n) is 5.07. The predicted molar refractivity (Wildman–Crippen MR) is 132 cm³/mol. The summed E-state index contributed by atoms with van der Waals surface area (Å²) in [5.74, 6) is -0.645. The van der Waals surface area contributed by atoms with Crippen molar-refractivity contribution < 1.29 is 22.7 Å². The van der Waals surface area contributed by atoms with Gasteiger partial charge in [-0.05, 0) is 55.8 Å². The third kappa shape index (κ3) is 5.30. The van der Waals surface area contributed by atoms with Crippen LogP contribution in [0.3, 0.4) is 0 Å². The summed E-state index contributed by atoms with van der Waals surface area (Å²) in [6, 6.07) is 15.3. The van der Waals surface area contributed by atoms with Crippen LogP contribution in [-0.2, 0) is 14.8 Å². The quantitative estimate of drug-likeness (QED) is 0.376. The maximum Gasteiger partial charge on any atom is 0.343 e. The number of hydrogen-bond acceptors (Lipinski definition) is 7. The smallest absolute Gasteiger partial charge is 0.343 e.